The van der Waals surface area contributed by atoms with Gasteiger partial charge in [-0.25, -0.2) is 0 Å². The lowest BCUT2D eigenvalue weighted by Gasteiger charge is -2.39. The maximum Gasteiger partial charge on any atom is 0.231 e. The van der Waals surface area contributed by atoms with Crippen molar-refractivity contribution < 1.29 is 29.9 Å². The van der Waals surface area contributed by atoms with Gasteiger partial charge in [-0.15, -0.1) is 0 Å². The van der Waals surface area contributed by atoms with Gasteiger partial charge >= 0.3 is 0 Å². The number of nitrogens with one attached hydrogen (secondary N) is 1. The topological polar surface area (TPSA) is 115 Å². The number of hydrogen-bond acceptors (Lipinski definition) is 6. The molecular weight excluding hydrogens is 314 g/mol. The lowest BCUT2D eigenvalue weighted by atomic mass is 9.99. The molecule has 1 aromatic heterocycles. The number of aromatic amines is 1. The standard InChI is InChI=1S/C14H16ClNO6/c15-9-6-3-1-2-4-7(6)16-13(9)22-14-12(20)11(19)10(18)8(5-17)21-14/h1-4,8,10-12,14,16-20H,5H2/t8-,10+,11+,12-,14+/m1/s1. The first kappa shape index (κ1) is 15.5. The number of aromatic nitrogens is 1. The van der Waals surface area contributed by atoms with E-state index >= 15 is 0 Å². The Kier molecular flexibility index (Phi) is 4.26. The van der Waals surface area contributed by atoms with Crippen LogP contribution in [0.5, 0.6) is 5.88 Å². The molecule has 3 rings (SSSR count). The van der Waals surface area contributed by atoms with Gasteiger partial charge < -0.3 is 34.9 Å². The first-order chi connectivity index (χ1) is 10.5. The Morgan fingerprint density at radius 3 is 2.55 bits per heavy atom. The predicted molar refractivity (Wildman–Crippen MR) is 77.7 cm³/mol. The number of halogens is 1. The highest BCUT2D eigenvalue weighted by Gasteiger charge is 2.45. The molecule has 2 heterocycles. The van der Waals surface area contributed by atoms with Gasteiger partial charge in [0.2, 0.25) is 12.2 Å². The minimum atomic E-state index is -1.50. The minimum Gasteiger partial charge on any atom is -0.445 e. The summed E-state index contributed by atoms with van der Waals surface area (Å²) in [6, 6.07) is 7.25. The van der Waals surface area contributed by atoms with Gasteiger partial charge in [0.15, 0.2) is 0 Å². The third kappa shape index (κ3) is 2.56. The molecule has 0 aliphatic carbocycles. The molecule has 0 spiro atoms. The summed E-state index contributed by atoms with van der Waals surface area (Å²) >= 11 is 6.20. The van der Waals surface area contributed by atoms with Crippen molar-refractivity contribution in [2.24, 2.45) is 0 Å². The minimum absolute atomic E-state index is 0.173. The van der Waals surface area contributed by atoms with Crippen LogP contribution in [0.2, 0.25) is 5.02 Å². The van der Waals surface area contributed by atoms with Crippen molar-refractivity contribution in [2.75, 3.05) is 6.61 Å². The number of aliphatic hydroxyl groups is 4. The number of para-hydroxylation sites is 1. The Morgan fingerprint density at radius 2 is 1.86 bits per heavy atom. The molecule has 0 amide bonds. The van der Waals surface area contributed by atoms with Gasteiger partial charge in [0.05, 0.1) is 6.61 Å². The Morgan fingerprint density at radius 1 is 1.14 bits per heavy atom. The molecule has 1 fully saturated rings. The normalized spacial score (nSPS) is 32.3. The molecule has 1 aliphatic rings. The molecule has 1 saturated heterocycles. The Balaban J connectivity index is 1.85. The monoisotopic (exact) mass is 329 g/mol. The zero-order valence-electron chi connectivity index (χ0n) is 11.4. The van der Waals surface area contributed by atoms with Crippen LogP contribution >= 0.6 is 11.6 Å². The van der Waals surface area contributed by atoms with Crippen LogP contribution in [0.15, 0.2) is 24.3 Å². The lowest BCUT2D eigenvalue weighted by molar-refractivity contribution is -0.278. The van der Waals surface area contributed by atoms with Crippen molar-refractivity contribution in [3.8, 4) is 5.88 Å². The summed E-state index contributed by atoms with van der Waals surface area (Å²) < 4.78 is 10.8. The fourth-order valence-electron chi connectivity index (χ4n) is 2.45. The molecule has 22 heavy (non-hydrogen) atoms. The zero-order valence-corrected chi connectivity index (χ0v) is 12.1. The van der Waals surface area contributed by atoms with Gasteiger partial charge in [0.25, 0.3) is 0 Å². The third-order valence-electron chi connectivity index (χ3n) is 3.69. The second kappa shape index (κ2) is 6.04. The van der Waals surface area contributed by atoms with Crippen molar-refractivity contribution in [1.82, 2.24) is 4.98 Å². The van der Waals surface area contributed by atoms with Gasteiger partial charge in [-0.2, -0.15) is 0 Å². The molecule has 1 aromatic carbocycles. The summed E-state index contributed by atoms with van der Waals surface area (Å²) in [5.74, 6) is 0.173. The molecule has 120 valence electrons. The Hall–Kier alpha value is -1.35. The second-order valence-corrected chi connectivity index (χ2v) is 5.51. The molecule has 0 unspecified atom stereocenters. The number of aliphatic hydroxyl groups excluding tert-OH is 4. The number of rotatable bonds is 3. The Bertz CT molecular complexity index is 660. The van der Waals surface area contributed by atoms with E-state index in [-0.39, 0.29) is 5.88 Å². The van der Waals surface area contributed by atoms with E-state index in [9.17, 15) is 15.3 Å². The van der Waals surface area contributed by atoms with Crippen LogP contribution in [0.4, 0.5) is 0 Å². The lowest BCUT2D eigenvalue weighted by Crippen LogP contribution is -2.60. The number of ether oxygens (including phenoxy) is 2. The summed E-state index contributed by atoms with van der Waals surface area (Å²) in [7, 11) is 0. The van der Waals surface area contributed by atoms with Crippen LogP contribution in [-0.4, -0.2) is 62.7 Å². The van der Waals surface area contributed by atoms with E-state index in [1.165, 1.54) is 0 Å². The average molecular weight is 330 g/mol. The first-order valence-corrected chi connectivity index (χ1v) is 7.14. The largest absolute Gasteiger partial charge is 0.445 e. The highest BCUT2D eigenvalue weighted by Crippen LogP contribution is 2.34. The summed E-state index contributed by atoms with van der Waals surface area (Å²) in [6.07, 6.45) is -6.73. The van der Waals surface area contributed by atoms with Crippen LogP contribution in [0.25, 0.3) is 10.9 Å². The molecule has 7 nitrogen and oxygen atoms in total. The summed E-state index contributed by atoms with van der Waals surface area (Å²) in [4.78, 5) is 2.94. The summed E-state index contributed by atoms with van der Waals surface area (Å²) in [5.41, 5.74) is 0.743. The summed E-state index contributed by atoms with van der Waals surface area (Å²) in [5, 5.41) is 39.6. The van der Waals surface area contributed by atoms with Crippen LogP contribution in [-0.2, 0) is 4.74 Å². The quantitative estimate of drug-likeness (QED) is 0.541. The fourth-order valence-corrected chi connectivity index (χ4v) is 2.70. The summed E-state index contributed by atoms with van der Waals surface area (Å²) in [6.45, 7) is -0.523. The van der Waals surface area contributed by atoms with E-state index in [0.29, 0.717) is 5.02 Å². The molecule has 1 aliphatic heterocycles. The van der Waals surface area contributed by atoms with Crippen molar-refractivity contribution in [2.45, 2.75) is 30.7 Å². The molecule has 5 atom stereocenters. The van der Waals surface area contributed by atoms with Gasteiger partial charge in [-0.1, -0.05) is 29.8 Å². The van der Waals surface area contributed by atoms with Gasteiger partial charge in [0, 0.05) is 10.9 Å². The SMILES string of the molecule is OC[C@H]1O[C@@H](Oc2[nH]c3ccccc3c2Cl)[C@H](O)[C@@H](O)[C@H]1O. The molecule has 0 bridgehead atoms. The highest BCUT2D eigenvalue weighted by molar-refractivity contribution is 6.37. The van der Waals surface area contributed by atoms with Crippen LogP contribution < -0.4 is 4.74 Å². The fraction of sp³-hybridized carbons (Fsp3) is 0.429. The number of hydrogen-bond donors (Lipinski definition) is 5. The van der Waals surface area contributed by atoms with Crippen molar-refractivity contribution in [1.29, 1.82) is 0 Å². The van der Waals surface area contributed by atoms with E-state index in [1.807, 2.05) is 12.1 Å². The number of fused-ring (bicyclic) bond motifs is 1. The van der Waals surface area contributed by atoms with Crippen LogP contribution in [0, 0.1) is 0 Å². The average Bonchev–Trinajstić information content (AvgIpc) is 2.84. The second-order valence-electron chi connectivity index (χ2n) is 5.13. The molecule has 0 saturated carbocycles. The highest BCUT2D eigenvalue weighted by atomic mass is 35.5. The van der Waals surface area contributed by atoms with Crippen molar-refractivity contribution >= 4 is 22.5 Å². The predicted octanol–water partition coefficient (Wildman–Crippen LogP) is -0.0000000000000000555. The van der Waals surface area contributed by atoms with Crippen molar-refractivity contribution in [3.05, 3.63) is 29.3 Å². The maximum atomic E-state index is 9.95. The zero-order chi connectivity index (χ0) is 15.9. The van der Waals surface area contributed by atoms with E-state index in [0.717, 1.165) is 10.9 Å². The van der Waals surface area contributed by atoms with Gasteiger partial charge in [0.1, 0.15) is 29.4 Å². The molecule has 5 N–H and O–H groups in total. The molecule has 8 heteroatoms. The van der Waals surface area contributed by atoms with Crippen molar-refractivity contribution in [3.63, 3.8) is 0 Å². The molecule has 2 aromatic rings. The third-order valence-corrected chi connectivity index (χ3v) is 4.07. The maximum absolute atomic E-state index is 9.95. The number of benzene rings is 1. The van der Waals surface area contributed by atoms with Gasteiger partial charge in [-0.3, -0.25) is 0 Å². The van der Waals surface area contributed by atoms with E-state index in [2.05, 4.69) is 4.98 Å². The van der Waals surface area contributed by atoms with Gasteiger partial charge in [-0.05, 0) is 6.07 Å². The molecule has 0 radical (unpaired) electrons. The van der Waals surface area contributed by atoms with Crippen LogP contribution in [0.1, 0.15) is 0 Å². The smallest absolute Gasteiger partial charge is 0.231 e. The van der Waals surface area contributed by atoms with E-state index in [4.69, 9.17) is 26.2 Å². The number of H-pyrrole nitrogens is 1. The van der Waals surface area contributed by atoms with E-state index in [1.54, 1.807) is 12.1 Å². The Labute approximate surface area is 130 Å². The van der Waals surface area contributed by atoms with Crippen LogP contribution in [0.3, 0.4) is 0 Å². The first-order valence-electron chi connectivity index (χ1n) is 6.76. The van der Waals surface area contributed by atoms with E-state index < -0.39 is 37.3 Å². The molecular formula is C14H16ClNO6.